The molecule has 0 aliphatic carbocycles. The lowest BCUT2D eigenvalue weighted by Crippen LogP contribution is -2.12. The van der Waals surface area contributed by atoms with E-state index in [2.05, 4.69) is 25.7 Å². The van der Waals surface area contributed by atoms with E-state index in [1.165, 1.54) is 4.88 Å². The van der Waals surface area contributed by atoms with Crippen molar-refractivity contribution in [2.75, 3.05) is 10.7 Å². The maximum absolute atomic E-state index is 5.43. The molecule has 2 rings (SSSR count). The van der Waals surface area contributed by atoms with Gasteiger partial charge < -0.3 is 10.7 Å². The summed E-state index contributed by atoms with van der Waals surface area (Å²) in [6.45, 7) is 6.80. The largest absolute Gasteiger partial charge is 0.365 e. The van der Waals surface area contributed by atoms with Gasteiger partial charge in [-0.15, -0.1) is 11.3 Å². The number of nitrogens with zero attached hydrogens (tertiary/aromatic N) is 3. The van der Waals surface area contributed by atoms with Gasteiger partial charge in [-0.1, -0.05) is 13.8 Å². The summed E-state index contributed by atoms with van der Waals surface area (Å²) < 4.78 is 0. The first-order chi connectivity index (χ1) is 9.10. The van der Waals surface area contributed by atoms with Crippen LogP contribution in [-0.4, -0.2) is 15.0 Å². The summed E-state index contributed by atoms with van der Waals surface area (Å²) in [5.41, 5.74) is 5.46. The van der Waals surface area contributed by atoms with Gasteiger partial charge in [-0.05, 0) is 6.92 Å². The molecule has 2 aromatic heterocycles. The summed E-state index contributed by atoms with van der Waals surface area (Å²) >= 11 is 1.63. The molecule has 4 N–H and O–H groups in total. The Morgan fingerprint density at radius 2 is 2.05 bits per heavy atom. The topological polar surface area (TPSA) is 88.8 Å². The Morgan fingerprint density at radius 1 is 1.32 bits per heavy atom. The highest BCUT2D eigenvalue weighted by atomic mass is 32.1. The Hall–Kier alpha value is -1.73. The second-order valence-electron chi connectivity index (χ2n) is 4.51. The Labute approximate surface area is 116 Å². The van der Waals surface area contributed by atoms with Crippen LogP contribution in [0.5, 0.6) is 0 Å². The van der Waals surface area contributed by atoms with Crippen LogP contribution in [0.4, 0.5) is 11.6 Å². The Morgan fingerprint density at radius 3 is 2.63 bits per heavy atom. The molecule has 0 spiro atoms. The van der Waals surface area contributed by atoms with Crippen molar-refractivity contribution >= 4 is 23.0 Å². The molecule has 0 bridgehead atoms. The highest BCUT2D eigenvalue weighted by Gasteiger charge is 2.08. The zero-order chi connectivity index (χ0) is 13.8. The summed E-state index contributed by atoms with van der Waals surface area (Å²) in [5, 5.41) is 3.28. The van der Waals surface area contributed by atoms with Gasteiger partial charge in [0.25, 0.3) is 0 Å². The molecule has 0 radical (unpaired) electrons. The lowest BCUT2D eigenvalue weighted by Gasteiger charge is -2.11. The molecule has 7 heteroatoms. The summed E-state index contributed by atoms with van der Waals surface area (Å²) in [6.07, 6.45) is 0. The molecule has 0 saturated carbocycles. The molecule has 0 atom stereocenters. The Kier molecular flexibility index (Phi) is 4.28. The molecule has 0 aliphatic heterocycles. The van der Waals surface area contributed by atoms with E-state index in [0.29, 0.717) is 12.4 Å². The van der Waals surface area contributed by atoms with E-state index < -0.39 is 0 Å². The van der Waals surface area contributed by atoms with E-state index in [9.17, 15) is 0 Å². The van der Waals surface area contributed by atoms with Gasteiger partial charge in [0, 0.05) is 16.9 Å². The van der Waals surface area contributed by atoms with E-state index in [0.717, 1.165) is 17.3 Å². The number of aryl methyl sites for hydroxylation is 1. The van der Waals surface area contributed by atoms with E-state index in [1.54, 1.807) is 17.4 Å². The van der Waals surface area contributed by atoms with Gasteiger partial charge in [-0.2, -0.15) is 0 Å². The summed E-state index contributed by atoms with van der Waals surface area (Å²) in [4.78, 5) is 14.2. The quantitative estimate of drug-likeness (QED) is 0.574. The third-order valence-corrected chi connectivity index (χ3v) is 3.62. The first-order valence-corrected chi connectivity index (χ1v) is 6.96. The van der Waals surface area contributed by atoms with E-state index in [-0.39, 0.29) is 5.92 Å². The molecule has 0 amide bonds. The number of hydrogen-bond donors (Lipinski definition) is 3. The number of hydrogen-bond acceptors (Lipinski definition) is 7. The van der Waals surface area contributed by atoms with Crippen molar-refractivity contribution in [1.82, 2.24) is 15.0 Å². The average Bonchev–Trinajstić information content (AvgIpc) is 2.81. The van der Waals surface area contributed by atoms with Crippen LogP contribution < -0.4 is 16.6 Å². The number of nitrogen functional groups attached to an aromatic ring is 1. The number of thiazole rings is 1. The lowest BCUT2D eigenvalue weighted by molar-refractivity contribution is 0.775. The minimum Gasteiger partial charge on any atom is -0.365 e. The fraction of sp³-hybridized carbons (Fsp3) is 0.417. The van der Waals surface area contributed by atoms with Crippen molar-refractivity contribution < 1.29 is 0 Å². The predicted octanol–water partition coefficient (Wildman–Crippen LogP) is 2.26. The summed E-state index contributed by atoms with van der Waals surface area (Å²) in [7, 11) is 0. The molecule has 6 nitrogen and oxygen atoms in total. The summed E-state index contributed by atoms with van der Waals surface area (Å²) in [6, 6.07) is 1.79. The zero-order valence-corrected chi connectivity index (χ0v) is 12.1. The molecule has 2 heterocycles. The molecule has 0 aromatic carbocycles. The average molecular weight is 278 g/mol. The maximum Gasteiger partial charge on any atom is 0.145 e. The Bertz CT molecular complexity index is 551. The summed E-state index contributed by atoms with van der Waals surface area (Å²) in [5.74, 6) is 7.82. The normalized spacial score (nSPS) is 10.8. The highest BCUT2D eigenvalue weighted by molar-refractivity contribution is 7.09. The fourth-order valence-corrected chi connectivity index (χ4v) is 2.27. The van der Waals surface area contributed by atoms with E-state index in [4.69, 9.17) is 5.84 Å². The van der Waals surface area contributed by atoms with Crippen LogP contribution in [-0.2, 0) is 6.54 Å². The third-order valence-electron chi connectivity index (χ3n) is 2.68. The molecule has 2 aromatic rings. The SMILES string of the molecule is Cc1ncsc1CNc1cc(NN)nc(C(C)C)n1. The van der Waals surface area contributed by atoms with Crippen LogP contribution in [0.1, 0.15) is 36.2 Å². The first-order valence-electron chi connectivity index (χ1n) is 6.08. The minimum atomic E-state index is 0.249. The molecular weight excluding hydrogens is 260 g/mol. The fourth-order valence-electron chi connectivity index (χ4n) is 1.56. The van der Waals surface area contributed by atoms with Gasteiger partial charge in [-0.3, -0.25) is 0 Å². The number of anilines is 2. The van der Waals surface area contributed by atoms with Gasteiger partial charge in [0.1, 0.15) is 17.5 Å². The first kappa shape index (κ1) is 13.7. The highest BCUT2D eigenvalue weighted by Crippen LogP contribution is 2.18. The molecule has 0 saturated heterocycles. The standard InChI is InChI=1S/C12H18N6S/c1-7(2)12-16-10(4-11(17-12)18-13)14-5-9-8(3)15-6-19-9/h4,6-7H,5,13H2,1-3H3,(H2,14,16,17,18). The van der Waals surface area contributed by atoms with Crippen LogP contribution >= 0.6 is 11.3 Å². The number of aromatic nitrogens is 3. The monoisotopic (exact) mass is 278 g/mol. The van der Waals surface area contributed by atoms with Crippen LogP contribution in [0.2, 0.25) is 0 Å². The molecule has 0 aliphatic rings. The second kappa shape index (κ2) is 5.94. The second-order valence-corrected chi connectivity index (χ2v) is 5.45. The Balaban J connectivity index is 2.15. The van der Waals surface area contributed by atoms with Crippen molar-refractivity contribution in [2.24, 2.45) is 5.84 Å². The van der Waals surface area contributed by atoms with Gasteiger partial charge in [0.15, 0.2) is 0 Å². The van der Waals surface area contributed by atoms with E-state index >= 15 is 0 Å². The number of rotatable bonds is 5. The lowest BCUT2D eigenvalue weighted by atomic mass is 10.2. The zero-order valence-electron chi connectivity index (χ0n) is 11.3. The van der Waals surface area contributed by atoms with Crippen molar-refractivity contribution in [3.05, 3.63) is 28.0 Å². The molecule has 0 unspecified atom stereocenters. The number of nitrogens with one attached hydrogen (secondary N) is 2. The number of hydrazine groups is 1. The minimum absolute atomic E-state index is 0.249. The smallest absolute Gasteiger partial charge is 0.145 e. The van der Waals surface area contributed by atoms with Crippen molar-refractivity contribution in [1.29, 1.82) is 0 Å². The number of nitrogens with two attached hydrogens (primary N) is 1. The predicted molar refractivity (Wildman–Crippen MR) is 78.1 cm³/mol. The van der Waals surface area contributed by atoms with Crippen LogP contribution in [0.25, 0.3) is 0 Å². The van der Waals surface area contributed by atoms with Crippen molar-refractivity contribution in [3.8, 4) is 0 Å². The van der Waals surface area contributed by atoms with Crippen LogP contribution in [0.3, 0.4) is 0 Å². The molecule has 0 fully saturated rings. The van der Waals surface area contributed by atoms with E-state index in [1.807, 2.05) is 26.3 Å². The third kappa shape index (κ3) is 3.39. The van der Waals surface area contributed by atoms with Crippen molar-refractivity contribution in [3.63, 3.8) is 0 Å². The van der Waals surface area contributed by atoms with Crippen LogP contribution in [0.15, 0.2) is 11.6 Å². The molecule has 19 heavy (non-hydrogen) atoms. The van der Waals surface area contributed by atoms with Gasteiger partial charge in [0.2, 0.25) is 0 Å². The molecular formula is C12H18N6S. The maximum atomic E-state index is 5.43. The van der Waals surface area contributed by atoms with Gasteiger partial charge in [-0.25, -0.2) is 20.8 Å². The van der Waals surface area contributed by atoms with Crippen molar-refractivity contribution in [2.45, 2.75) is 33.2 Å². The van der Waals surface area contributed by atoms with Crippen LogP contribution in [0, 0.1) is 6.92 Å². The van der Waals surface area contributed by atoms with Gasteiger partial charge in [0.05, 0.1) is 17.7 Å². The van der Waals surface area contributed by atoms with Gasteiger partial charge >= 0.3 is 0 Å². The molecule has 102 valence electrons.